The van der Waals surface area contributed by atoms with Crippen LogP contribution in [0.4, 0.5) is 0 Å². The summed E-state index contributed by atoms with van der Waals surface area (Å²) < 4.78 is 0. The van der Waals surface area contributed by atoms with Gasteiger partial charge in [0.15, 0.2) is 0 Å². The third-order valence-corrected chi connectivity index (χ3v) is 3.72. The van der Waals surface area contributed by atoms with Crippen LogP contribution in [0.2, 0.25) is 0 Å². The van der Waals surface area contributed by atoms with E-state index in [0.29, 0.717) is 12.6 Å². The van der Waals surface area contributed by atoms with Crippen LogP contribution in [0.1, 0.15) is 18.4 Å². The molecule has 1 aromatic heterocycles. The van der Waals surface area contributed by atoms with Gasteiger partial charge in [-0.15, -0.1) is 0 Å². The highest BCUT2D eigenvalue weighted by Crippen LogP contribution is 2.29. The molecular formula is C18H18N2O. The van der Waals surface area contributed by atoms with Crippen LogP contribution < -0.4 is 0 Å². The predicted molar refractivity (Wildman–Crippen MR) is 83.4 cm³/mol. The first-order valence-corrected chi connectivity index (χ1v) is 7.20. The summed E-state index contributed by atoms with van der Waals surface area (Å²) in [6, 6.07) is 12.6. The third kappa shape index (κ3) is 3.19. The lowest BCUT2D eigenvalue weighted by atomic mass is 10.0. The first-order chi connectivity index (χ1) is 10.3. The highest BCUT2D eigenvalue weighted by molar-refractivity contribution is 5.87. The van der Waals surface area contributed by atoms with Crippen LogP contribution in [-0.2, 0) is 11.3 Å². The van der Waals surface area contributed by atoms with Gasteiger partial charge >= 0.3 is 0 Å². The maximum Gasteiger partial charge on any atom is 0.246 e. The summed E-state index contributed by atoms with van der Waals surface area (Å²) in [7, 11) is 0. The average Bonchev–Trinajstić information content (AvgIpc) is 3.38. The normalized spacial score (nSPS) is 13.7. The highest BCUT2D eigenvalue weighted by atomic mass is 16.2. The monoisotopic (exact) mass is 278 g/mol. The van der Waals surface area contributed by atoms with Crippen LogP contribution in [0.3, 0.4) is 0 Å². The molecule has 1 aliphatic carbocycles. The Bertz CT molecular complexity index is 647. The summed E-state index contributed by atoms with van der Waals surface area (Å²) in [5, 5.41) is 0. The van der Waals surface area contributed by atoms with Crippen LogP contribution >= 0.6 is 0 Å². The number of benzene rings is 1. The molecule has 1 fully saturated rings. The number of pyridine rings is 1. The van der Waals surface area contributed by atoms with Gasteiger partial charge in [0.1, 0.15) is 0 Å². The van der Waals surface area contributed by atoms with Crippen LogP contribution in [0.25, 0.3) is 11.1 Å². The van der Waals surface area contributed by atoms with E-state index in [9.17, 15) is 4.79 Å². The van der Waals surface area contributed by atoms with Gasteiger partial charge in [-0.3, -0.25) is 9.78 Å². The Labute approximate surface area is 124 Å². The molecule has 0 spiro atoms. The molecule has 21 heavy (non-hydrogen) atoms. The lowest BCUT2D eigenvalue weighted by Crippen LogP contribution is -2.30. The Hall–Kier alpha value is -2.42. The summed E-state index contributed by atoms with van der Waals surface area (Å²) in [6.07, 6.45) is 7.23. The molecule has 0 saturated heterocycles. The summed E-state index contributed by atoms with van der Waals surface area (Å²) >= 11 is 0. The van der Waals surface area contributed by atoms with E-state index in [1.807, 2.05) is 29.3 Å². The second kappa shape index (κ2) is 5.92. The number of hydrogen-bond acceptors (Lipinski definition) is 2. The van der Waals surface area contributed by atoms with Crippen molar-refractivity contribution >= 4 is 5.91 Å². The molecule has 2 aromatic rings. The number of carbonyl (C=O) groups is 1. The van der Waals surface area contributed by atoms with Crippen LogP contribution in [0.5, 0.6) is 0 Å². The van der Waals surface area contributed by atoms with Crippen molar-refractivity contribution in [2.24, 2.45) is 0 Å². The zero-order valence-electron chi connectivity index (χ0n) is 11.9. The number of hydrogen-bond donors (Lipinski definition) is 0. The van der Waals surface area contributed by atoms with Crippen LogP contribution in [0.15, 0.2) is 61.4 Å². The summed E-state index contributed by atoms with van der Waals surface area (Å²) in [6.45, 7) is 4.24. The van der Waals surface area contributed by atoms with Crippen molar-refractivity contribution in [2.75, 3.05) is 0 Å². The smallest absolute Gasteiger partial charge is 0.246 e. The Morgan fingerprint density at radius 1 is 1.29 bits per heavy atom. The van der Waals surface area contributed by atoms with Crippen molar-refractivity contribution in [3.63, 3.8) is 0 Å². The SMILES string of the molecule is C=CC(=O)N(Cc1cccc(-c2cccnc2)c1)C1CC1. The van der Waals surface area contributed by atoms with E-state index < -0.39 is 0 Å². The van der Waals surface area contributed by atoms with Crippen LogP contribution in [0, 0.1) is 0 Å². The molecule has 1 aromatic carbocycles. The Kier molecular flexibility index (Phi) is 3.82. The van der Waals surface area contributed by atoms with Crippen molar-refractivity contribution in [3.05, 3.63) is 67.0 Å². The molecule has 0 N–H and O–H groups in total. The number of aromatic nitrogens is 1. The minimum atomic E-state index is 0.0179. The molecule has 0 bridgehead atoms. The molecule has 3 rings (SSSR count). The second-order valence-corrected chi connectivity index (χ2v) is 5.34. The molecule has 0 atom stereocenters. The maximum atomic E-state index is 12.0. The van der Waals surface area contributed by atoms with E-state index in [4.69, 9.17) is 0 Å². The molecule has 106 valence electrons. The zero-order chi connectivity index (χ0) is 14.7. The van der Waals surface area contributed by atoms with Gasteiger partial charge in [-0.1, -0.05) is 30.8 Å². The molecule has 1 heterocycles. The van der Waals surface area contributed by atoms with Gasteiger partial charge < -0.3 is 4.90 Å². The van der Waals surface area contributed by atoms with Gasteiger partial charge in [0.05, 0.1) is 0 Å². The summed E-state index contributed by atoms with van der Waals surface area (Å²) in [5.41, 5.74) is 3.35. The van der Waals surface area contributed by atoms with Gasteiger partial charge in [-0.05, 0) is 47.7 Å². The number of rotatable bonds is 5. The predicted octanol–water partition coefficient (Wildman–Crippen LogP) is 3.43. The standard InChI is InChI=1S/C18H18N2O/c1-2-18(21)20(17-8-9-17)13-14-5-3-6-15(11-14)16-7-4-10-19-12-16/h2-7,10-12,17H,1,8-9,13H2. The fraction of sp³-hybridized carbons (Fsp3) is 0.222. The zero-order valence-corrected chi connectivity index (χ0v) is 11.9. The van der Waals surface area contributed by atoms with E-state index >= 15 is 0 Å². The molecule has 1 saturated carbocycles. The summed E-state index contributed by atoms with van der Waals surface area (Å²) in [5.74, 6) is 0.0179. The van der Waals surface area contributed by atoms with Gasteiger partial charge in [0, 0.05) is 25.0 Å². The van der Waals surface area contributed by atoms with Crippen molar-refractivity contribution in [2.45, 2.75) is 25.4 Å². The molecule has 0 aliphatic heterocycles. The lowest BCUT2D eigenvalue weighted by molar-refractivity contribution is -0.127. The Morgan fingerprint density at radius 2 is 2.10 bits per heavy atom. The van der Waals surface area contributed by atoms with E-state index in [-0.39, 0.29) is 5.91 Å². The molecular weight excluding hydrogens is 260 g/mol. The maximum absolute atomic E-state index is 12.0. The topological polar surface area (TPSA) is 33.2 Å². The highest BCUT2D eigenvalue weighted by Gasteiger charge is 2.31. The van der Waals surface area contributed by atoms with E-state index in [2.05, 4.69) is 29.8 Å². The molecule has 0 unspecified atom stereocenters. The van der Waals surface area contributed by atoms with Gasteiger partial charge in [-0.2, -0.15) is 0 Å². The fourth-order valence-electron chi connectivity index (χ4n) is 2.47. The Balaban J connectivity index is 1.82. The first kappa shape index (κ1) is 13.6. The number of nitrogens with zero attached hydrogens (tertiary/aromatic N) is 2. The third-order valence-electron chi connectivity index (χ3n) is 3.72. The van der Waals surface area contributed by atoms with E-state index in [0.717, 1.165) is 29.5 Å². The van der Waals surface area contributed by atoms with Crippen molar-refractivity contribution < 1.29 is 4.79 Å². The number of amides is 1. The van der Waals surface area contributed by atoms with Gasteiger partial charge in [-0.25, -0.2) is 0 Å². The molecule has 3 nitrogen and oxygen atoms in total. The second-order valence-electron chi connectivity index (χ2n) is 5.34. The number of carbonyl (C=O) groups excluding carboxylic acids is 1. The van der Waals surface area contributed by atoms with E-state index in [1.54, 1.807) is 6.20 Å². The molecule has 3 heteroatoms. The summed E-state index contributed by atoms with van der Waals surface area (Å²) in [4.78, 5) is 18.0. The van der Waals surface area contributed by atoms with Crippen molar-refractivity contribution in [3.8, 4) is 11.1 Å². The first-order valence-electron chi connectivity index (χ1n) is 7.20. The average molecular weight is 278 g/mol. The lowest BCUT2D eigenvalue weighted by Gasteiger charge is -2.21. The minimum absolute atomic E-state index is 0.0179. The molecule has 0 radical (unpaired) electrons. The largest absolute Gasteiger partial charge is 0.332 e. The fourth-order valence-corrected chi connectivity index (χ4v) is 2.47. The Morgan fingerprint density at radius 3 is 2.76 bits per heavy atom. The van der Waals surface area contributed by atoms with Crippen molar-refractivity contribution in [1.82, 2.24) is 9.88 Å². The van der Waals surface area contributed by atoms with Crippen LogP contribution in [-0.4, -0.2) is 21.8 Å². The van der Waals surface area contributed by atoms with Gasteiger partial charge in [0.2, 0.25) is 5.91 Å². The molecule has 1 amide bonds. The van der Waals surface area contributed by atoms with Crippen molar-refractivity contribution in [1.29, 1.82) is 0 Å². The van der Waals surface area contributed by atoms with E-state index in [1.165, 1.54) is 6.08 Å². The molecule has 1 aliphatic rings. The quantitative estimate of drug-likeness (QED) is 0.785. The minimum Gasteiger partial charge on any atom is -0.332 e. The van der Waals surface area contributed by atoms with Gasteiger partial charge in [0.25, 0.3) is 0 Å².